The van der Waals surface area contributed by atoms with Crippen molar-refractivity contribution in [1.29, 1.82) is 0 Å². The van der Waals surface area contributed by atoms with Gasteiger partial charge in [0.05, 0.1) is 12.2 Å². The number of hydrogen-bond donors (Lipinski definition) is 2. The van der Waals surface area contributed by atoms with Gasteiger partial charge in [0.25, 0.3) is 6.43 Å². The van der Waals surface area contributed by atoms with Crippen molar-refractivity contribution in [2.24, 2.45) is 0 Å². The van der Waals surface area contributed by atoms with Gasteiger partial charge in [-0.1, -0.05) is 0 Å². The lowest BCUT2D eigenvalue weighted by Gasteiger charge is -2.04. The third-order valence-electron chi connectivity index (χ3n) is 1.83. The summed E-state index contributed by atoms with van der Waals surface area (Å²) in [6.07, 6.45) is -1.84. The van der Waals surface area contributed by atoms with Crippen LogP contribution < -0.4 is 5.43 Å². The summed E-state index contributed by atoms with van der Waals surface area (Å²) in [6, 6.07) is 0. The summed E-state index contributed by atoms with van der Waals surface area (Å²) in [5.74, 6) is 0. The molecule has 0 saturated heterocycles. The van der Waals surface area contributed by atoms with Gasteiger partial charge in [-0.25, -0.2) is 8.78 Å². The van der Waals surface area contributed by atoms with E-state index in [0.717, 1.165) is 6.20 Å². The first kappa shape index (κ1) is 9.85. The lowest BCUT2D eigenvalue weighted by molar-refractivity contribution is 0.149. The standard InChI is InChI=1S/C8H9F2NO2/c1-4-6(3-12)7(13)5(2-11-4)8(9)10/h2,8,12H,3H2,1H3,(H,11,13). The normalized spacial score (nSPS) is 10.8. The first-order chi connectivity index (χ1) is 6.07. The van der Waals surface area contributed by atoms with Crippen LogP contribution in [-0.2, 0) is 6.61 Å². The fraction of sp³-hybridized carbons (Fsp3) is 0.375. The number of aliphatic hydroxyl groups excluding tert-OH is 1. The quantitative estimate of drug-likeness (QED) is 0.732. The summed E-state index contributed by atoms with van der Waals surface area (Å²) in [6.45, 7) is 1.02. The monoisotopic (exact) mass is 189 g/mol. The van der Waals surface area contributed by atoms with Crippen molar-refractivity contribution in [1.82, 2.24) is 4.98 Å². The average Bonchev–Trinajstić information content (AvgIpc) is 2.04. The second-order valence-corrected chi connectivity index (χ2v) is 2.64. The van der Waals surface area contributed by atoms with Gasteiger partial charge in [0.2, 0.25) is 0 Å². The number of H-pyrrole nitrogens is 1. The molecule has 0 aliphatic heterocycles. The first-order valence-corrected chi connectivity index (χ1v) is 3.68. The predicted octanol–water partition coefficient (Wildman–Crippen LogP) is 1.11. The Morgan fingerprint density at radius 3 is 2.69 bits per heavy atom. The minimum absolute atomic E-state index is 0.00204. The summed E-state index contributed by atoms with van der Waals surface area (Å²) in [5.41, 5.74) is -0.974. The van der Waals surface area contributed by atoms with E-state index in [0.29, 0.717) is 5.69 Å². The lowest BCUT2D eigenvalue weighted by atomic mass is 10.1. The van der Waals surface area contributed by atoms with Crippen molar-refractivity contribution < 1.29 is 13.9 Å². The third kappa shape index (κ3) is 1.75. The van der Waals surface area contributed by atoms with Gasteiger partial charge >= 0.3 is 0 Å². The number of aromatic nitrogens is 1. The van der Waals surface area contributed by atoms with Gasteiger partial charge in [-0.05, 0) is 6.92 Å². The fourth-order valence-corrected chi connectivity index (χ4v) is 1.04. The zero-order valence-electron chi connectivity index (χ0n) is 6.97. The second kappa shape index (κ2) is 3.66. The first-order valence-electron chi connectivity index (χ1n) is 3.68. The van der Waals surface area contributed by atoms with Gasteiger partial charge < -0.3 is 10.1 Å². The molecule has 0 aliphatic rings. The highest BCUT2D eigenvalue weighted by atomic mass is 19.3. The van der Waals surface area contributed by atoms with E-state index in [1.165, 1.54) is 0 Å². The van der Waals surface area contributed by atoms with E-state index in [-0.39, 0.29) is 5.56 Å². The Balaban J connectivity index is 3.37. The zero-order chi connectivity index (χ0) is 10.0. The van der Waals surface area contributed by atoms with Gasteiger partial charge in [-0.2, -0.15) is 0 Å². The van der Waals surface area contributed by atoms with Crippen LogP contribution >= 0.6 is 0 Å². The van der Waals surface area contributed by atoms with E-state index in [4.69, 9.17) is 5.11 Å². The number of aryl methyl sites for hydroxylation is 1. The number of pyridine rings is 1. The number of aromatic amines is 1. The van der Waals surface area contributed by atoms with E-state index in [2.05, 4.69) is 4.98 Å². The minimum Gasteiger partial charge on any atom is -0.391 e. The van der Waals surface area contributed by atoms with E-state index in [1.54, 1.807) is 6.92 Å². The molecule has 1 rings (SSSR count). The van der Waals surface area contributed by atoms with Crippen molar-refractivity contribution in [2.45, 2.75) is 20.0 Å². The summed E-state index contributed by atoms with van der Waals surface area (Å²) in [5, 5.41) is 8.74. The molecular weight excluding hydrogens is 180 g/mol. The van der Waals surface area contributed by atoms with Crippen LogP contribution in [0.25, 0.3) is 0 Å². The molecule has 1 aromatic rings. The largest absolute Gasteiger partial charge is 0.391 e. The molecule has 0 atom stereocenters. The smallest absolute Gasteiger partial charge is 0.269 e. The minimum atomic E-state index is -2.81. The third-order valence-corrected chi connectivity index (χ3v) is 1.83. The molecule has 1 aromatic heterocycles. The Morgan fingerprint density at radius 2 is 2.23 bits per heavy atom. The molecule has 3 nitrogen and oxygen atoms in total. The molecule has 2 N–H and O–H groups in total. The number of hydrogen-bond acceptors (Lipinski definition) is 2. The van der Waals surface area contributed by atoms with Crippen molar-refractivity contribution in [3.05, 3.63) is 33.2 Å². The molecule has 5 heteroatoms. The molecule has 0 spiro atoms. The van der Waals surface area contributed by atoms with Crippen LogP contribution in [0.1, 0.15) is 23.2 Å². The number of halogens is 2. The number of alkyl halides is 2. The molecule has 13 heavy (non-hydrogen) atoms. The van der Waals surface area contributed by atoms with Crippen molar-refractivity contribution in [3.8, 4) is 0 Å². The maximum atomic E-state index is 12.2. The second-order valence-electron chi connectivity index (χ2n) is 2.64. The average molecular weight is 189 g/mol. The highest BCUT2D eigenvalue weighted by Crippen LogP contribution is 2.14. The Hall–Kier alpha value is -1.23. The van der Waals surface area contributed by atoms with Gasteiger partial charge in [0.15, 0.2) is 5.43 Å². The molecular formula is C8H9F2NO2. The van der Waals surface area contributed by atoms with E-state index in [9.17, 15) is 13.6 Å². The summed E-state index contributed by atoms with van der Waals surface area (Å²) < 4.78 is 24.3. The Bertz CT molecular complexity index is 360. The van der Waals surface area contributed by atoms with Crippen molar-refractivity contribution in [2.75, 3.05) is 0 Å². The van der Waals surface area contributed by atoms with Gasteiger partial charge in [-0.3, -0.25) is 4.79 Å². The Morgan fingerprint density at radius 1 is 1.62 bits per heavy atom. The van der Waals surface area contributed by atoms with Crippen molar-refractivity contribution >= 4 is 0 Å². The van der Waals surface area contributed by atoms with E-state index >= 15 is 0 Å². The highest BCUT2D eigenvalue weighted by Gasteiger charge is 2.15. The Labute approximate surface area is 73.0 Å². The summed E-state index contributed by atoms with van der Waals surface area (Å²) >= 11 is 0. The van der Waals surface area contributed by atoms with Crippen LogP contribution in [0.15, 0.2) is 11.0 Å². The molecule has 0 saturated carbocycles. The zero-order valence-corrected chi connectivity index (χ0v) is 6.97. The topological polar surface area (TPSA) is 53.1 Å². The lowest BCUT2D eigenvalue weighted by Crippen LogP contribution is -2.17. The predicted molar refractivity (Wildman–Crippen MR) is 42.7 cm³/mol. The molecule has 0 bridgehead atoms. The molecule has 0 aromatic carbocycles. The molecule has 0 aliphatic carbocycles. The maximum Gasteiger partial charge on any atom is 0.269 e. The van der Waals surface area contributed by atoms with Crippen LogP contribution in [0.2, 0.25) is 0 Å². The SMILES string of the molecule is Cc1[nH]cc(C(F)F)c(=O)c1CO. The number of rotatable bonds is 2. The highest BCUT2D eigenvalue weighted by molar-refractivity contribution is 5.24. The fourth-order valence-electron chi connectivity index (χ4n) is 1.04. The van der Waals surface area contributed by atoms with E-state index < -0.39 is 24.0 Å². The number of aliphatic hydroxyl groups is 1. The maximum absolute atomic E-state index is 12.2. The van der Waals surface area contributed by atoms with Crippen LogP contribution in [-0.4, -0.2) is 10.1 Å². The molecule has 0 fully saturated rings. The van der Waals surface area contributed by atoms with Crippen LogP contribution in [0, 0.1) is 6.92 Å². The summed E-state index contributed by atoms with van der Waals surface area (Å²) in [4.78, 5) is 13.7. The van der Waals surface area contributed by atoms with Crippen LogP contribution in [0.4, 0.5) is 8.78 Å². The molecule has 0 radical (unpaired) electrons. The Kier molecular flexibility index (Phi) is 2.77. The van der Waals surface area contributed by atoms with E-state index in [1.807, 2.05) is 0 Å². The summed E-state index contributed by atoms with van der Waals surface area (Å²) in [7, 11) is 0. The van der Waals surface area contributed by atoms with Gasteiger partial charge in [0.1, 0.15) is 0 Å². The molecule has 0 amide bonds. The van der Waals surface area contributed by atoms with Crippen molar-refractivity contribution in [3.63, 3.8) is 0 Å². The molecule has 72 valence electrons. The van der Waals surface area contributed by atoms with Crippen LogP contribution in [0.3, 0.4) is 0 Å². The molecule has 1 heterocycles. The molecule has 0 unspecified atom stereocenters. The number of nitrogens with one attached hydrogen (secondary N) is 1. The van der Waals surface area contributed by atoms with Gasteiger partial charge in [-0.15, -0.1) is 0 Å². The van der Waals surface area contributed by atoms with Crippen LogP contribution in [0.5, 0.6) is 0 Å². The van der Waals surface area contributed by atoms with Gasteiger partial charge in [0, 0.05) is 17.5 Å².